The number of hydrogen-bond donors (Lipinski definition) is 2. The fraction of sp³-hybridized carbons (Fsp3) is 0.100. The number of hydrogen-bond acceptors (Lipinski definition) is 5. The molecule has 0 spiro atoms. The summed E-state index contributed by atoms with van der Waals surface area (Å²) >= 11 is 0. The zero-order chi connectivity index (χ0) is 12.4. The Morgan fingerprint density at radius 1 is 1.53 bits per heavy atom. The molecule has 0 radical (unpaired) electrons. The highest BCUT2D eigenvalue weighted by Gasteiger charge is 2.22. The van der Waals surface area contributed by atoms with Gasteiger partial charge in [0.05, 0.1) is 5.56 Å². The molecule has 86 valence electrons. The molecule has 1 aromatic heterocycles. The highest BCUT2D eigenvalue weighted by molar-refractivity contribution is 6.15. The summed E-state index contributed by atoms with van der Waals surface area (Å²) in [6.07, 6.45) is 1.72. The Hall–Kier alpha value is -2.57. The molecule has 17 heavy (non-hydrogen) atoms. The van der Waals surface area contributed by atoms with E-state index in [0.717, 1.165) is 0 Å². The molecule has 0 atom stereocenters. The molecule has 0 unspecified atom stereocenters. The van der Waals surface area contributed by atoms with E-state index in [0.29, 0.717) is 6.29 Å². The predicted octanol–water partition coefficient (Wildman–Crippen LogP) is -0.531. The molecule has 0 saturated heterocycles. The van der Waals surface area contributed by atoms with Gasteiger partial charge in [0.1, 0.15) is 12.2 Å². The van der Waals surface area contributed by atoms with Crippen LogP contribution in [0, 0.1) is 0 Å². The van der Waals surface area contributed by atoms with Crippen LogP contribution in [0.4, 0.5) is 0 Å². The molecular weight excluding hydrogens is 226 g/mol. The first kappa shape index (κ1) is 10.9. The van der Waals surface area contributed by atoms with Crippen LogP contribution < -0.4 is 5.32 Å². The van der Waals surface area contributed by atoms with Crippen molar-refractivity contribution in [1.82, 2.24) is 10.3 Å². The Kier molecular flexibility index (Phi) is 2.65. The molecule has 0 saturated carbocycles. The van der Waals surface area contributed by atoms with Crippen LogP contribution in [0.15, 0.2) is 17.3 Å². The maximum Gasteiger partial charge on any atom is 0.338 e. The Labute approximate surface area is 95.2 Å². The first-order valence-electron chi connectivity index (χ1n) is 4.65. The highest BCUT2D eigenvalue weighted by Crippen LogP contribution is 2.10. The molecule has 0 fully saturated rings. The van der Waals surface area contributed by atoms with E-state index in [1.165, 1.54) is 12.3 Å². The van der Waals surface area contributed by atoms with E-state index in [9.17, 15) is 14.4 Å². The van der Waals surface area contributed by atoms with Gasteiger partial charge in [0.2, 0.25) is 5.91 Å². The minimum absolute atomic E-state index is 0.0500. The molecule has 0 aromatic carbocycles. The lowest BCUT2D eigenvalue weighted by atomic mass is 10.1. The summed E-state index contributed by atoms with van der Waals surface area (Å²) in [4.78, 5) is 40.2. The summed E-state index contributed by atoms with van der Waals surface area (Å²) in [5.41, 5.74) is 0.0283. The monoisotopic (exact) mass is 233 g/mol. The lowest BCUT2D eigenvalue weighted by Gasteiger charge is -2.05. The van der Waals surface area contributed by atoms with E-state index in [2.05, 4.69) is 15.3 Å². The average molecular weight is 233 g/mol. The molecule has 7 heteroatoms. The van der Waals surface area contributed by atoms with Crippen molar-refractivity contribution in [2.75, 3.05) is 6.54 Å². The number of carboxylic acids is 1. The number of carbonyl (C=O) groups excluding carboxylic acids is 2. The van der Waals surface area contributed by atoms with Crippen LogP contribution >= 0.6 is 0 Å². The van der Waals surface area contributed by atoms with Gasteiger partial charge in [-0.3, -0.25) is 19.6 Å². The predicted molar refractivity (Wildman–Crippen MR) is 56.1 cm³/mol. The summed E-state index contributed by atoms with van der Waals surface area (Å²) < 4.78 is 0. The van der Waals surface area contributed by atoms with Crippen LogP contribution in [0.3, 0.4) is 0 Å². The second-order valence-electron chi connectivity index (χ2n) is 3.30. The maximum absolute atomic E-state index is 11.0. The zero-order valence-corrected chi connectivity index (χ0v) is 8.51. The molecule has 2 N–H and O–H groups in total. The van der Waals surface area contributed by atoms with E-state index < -0.39 is 5.97 Å². The average Bonchev–Trinajstić information content (AvgIpc) is 2.75. The topological polar surface area (TPSA) is 109 Å². The number of nitrogens with zero attached hydrogens (tertiary/aromatic N) is 2. The van der Waals surface area contributed by atoms with Crippen molar-refractivity contribution in [2.45, 2.75) is 0 Å². The SMILES string of the molecule is O=Cc1cnc(C2=NCC(=O)N2)c(C(=O)O)c1. The summed E-state index contributed by atoms with van der Waals surface area (Å²) in [5, 5.41) is 11.4. The third-order valence-corrected chi connectivity index (χ3v) is 2.14. The largest absolute Gasteiger partial charge is 0.478 e. The number of carbonyl (C=O) groups is 3. The highest BCUT2D eigenvalue weighted by atomic mass is 16.4. The number of amides is 1. The zero-order valence-electron chi connectivity index (χ0n) is 8.51. The minimum atomic E-state index is -1.24. The van der Waals surface area contributed by atoms with E-state index in [1.807, 2.05) is 0 Å². The van der Waals surface area contributed by atoms with Gasteiger partial charge >= 0.3 is 5.97 Å². The van der Waals surface area contributed by atoms with Crippen LogP contribution in [-0.4, -0.2) is 40.6 Å². The van der Waals surface area contributed by atoms with Gasteiger partial charge in [0.15, 0.2) is 12.1 Å². The quantitative estimate of drug-likeness (QED) is 0.682. The third kappa shape index (κ3) is 2.03. The lowest BCUT2D eigenvalue weighted by Crippen LogP contribution is -2.27. The number of aliphatic imine (C=N–C) groups is 1. The van der Waals surface area contributed by atoms with E-state index >= 15 is 0 Å². The minimum Gasteiger partial charge on any atom is -0.478 e. The molecular formula is C10H7N3O4. The molecule has 1 aliphatic heterocycles. The van der Waals surface area contributed by atoms with Crippen molar-refractivity contribution in [3.05, 3.63) is 29.1 Å². The number of rotatable bonds is 3. The van der Waals surface area contributed by atoms with Gasteiger partial charge in [-0.25, -0.2) is 4.79 Å². The van der Waals surface area contributed by atoms with Gasteiger partial charge in [-0.1, -0.05) is 0 Å². The van der Waals surface area contributed by atoms with Gasteiger partial charge in [-0.15, -0.1) is 0 Å². The number of aromatic carboxylic acids is 1. The third-order valence-electron chi connectivity index (χ3n) is 2.14. The first-order chi connectivity index (χ1) is 8.11. The van der Waals surface area contributed by atoms with Gasteiger partial charge in [0.25, 0.3) is 0 Å². The van der Waals surface area contributed by atoms with Crippen LogP contribution in [0.2, 0.25) is 0 Å². The standard InChI is InChI=1S/C10H7N3O4/c14-4-5-1-6(10(16)17)8(11-2-5)9-12-3-7(15)13-9/h1-2,4H,3H2,(H,16,17)(H,12,13,15). The molecule has 2 heterocycles. The van der Waals surface area contributed by atoms with Crippen LogP contribution in [-0.2, 0) is 4.79 Å². The van der Waals surface area contributed by atoms with Crippen LogP contribution in [0.25, 0.3) is 0 Å². The number of aldehydes is 1. The van der Waals surface area contributed by atoms with Crippen molar-refractivity contribution in [1.29, 1.82) is 0 Å². The van der Waals surface area contributed by atoms with Crippen molar-refractivity contribution < 1.29 is 19.5 Å². The summed E-state index contributed by atoms with van der Waals surface area (Å²) in [7, 11) is 0. The second kappa shape index (κ2) is 4.12. The van der Waals surface area contributed by atoms with Gasteiger partial charge in [-0.2, -0.15) is 0 Å². The summed E-state index contributed by atoms with van der Waals surface area (Å²) in [5.74, 6) is -1.44. The number of pyridine rings is 1. The maximum atomic E-state index is 11.0. The van der Waals surface area contributed by atoms with Gasteiger partial charge in [0, 0.05) is 11.8 Å². The molecule has 1 aromatic rings. The molecule has 7 nitrogen and oxygen atoms in total. The summed E-state index contributed by atoms with van der Waals surface area (Å²) in [6, 6.07) is 1.19. The van der Waals surface area contributed by atoms with Crippen molar-refractivity contribution >= 4 is 24.0 Å². The molecule has 0 aliphatic carbocycles. The normalized spacial score (nSPS) is 14.1. The van der Waals surface area contributed by atoms with Crippen molar-refractivity contribution in [3.63, 3.8) is 0 Å². The van der Waals surface area contributed by atoms with Crippen LogP contribution in [0.1, 0.15) is 26.4 Å². The molecule has 2 rings (SSSR count). The van der Waals surface area contributed by atoms with E-state index in [4.69, 9.17) is 5.11 Å². The fourth-order valence-electron chi connectivity index (χ4n) is 1.39. The van der Waals surface area contributed by atoms with Gasteiger partial charge < -0.3 is 10.4 Å². The fourth-order valence-corrected chi connectivity index (χ4v) is 1.39. The van der Waals surface area contributed by atoms with Crippen molar-refractivity contribution in [3.8, 4) is 0 Å². The number of carboxylic acid groups (broad SMARTS) is 1. The second-order valence-corrected chi connectivity index (χ2v) is 3.30. The van der Waals surface area contributed by atoms with Crippen molar-refractivity contribution in [2.24, 2.45) is 4.99 Å². The molecule has 1 amide bonds. The van der Waals surface area contributed by atoms with E-state index in [-0.39, 0.29) is 35.1 Å². The summed E-state index contributed by atoms with van der Waals surface area (Å²) in [6.45, 7) is -0.0501. The number of amidine groups is 1. The number of aromatic nitrogens is 1. The Bertz CT molecular complexity index is 550. The van der Waals surface area contributed by atoms with E-state index in [1.54, 1.807) is 0 Å². The Morgan fingerprint density at radius 2 is 2.29 bits per heavy atom. The smallest absolute Gasteiger partial charge is 0.338 e. The number of nitrogens with one attached hydrogen (secondary N) is 1. The van der Waals surface area contributed by atoms with Crippen LogP contribution in [0.5, 0.6) is 0 Å². The molecule has 0 bridgehead atoms. The Morgan fingerprint density at radius 3 is 2.82 bits per heavy atom. The van der Waals surface area contributed by atoms with Gasteiger partial charge in [-0.05, 0) is 6.07 Å². The lowest BCUT2D eigenvalue weighted by molar-refractivity contribution is -0.117. The molecule has 1 aliphatic rings. The Balaban J connectivity index is 2.50. The first-order valence-corrected chi connectivity index (χ1v) is 4.65.